The van der Waals surface area contributed by atoms with Crippen LogP contribution in [0.3, 0.4) is 0 Å². The molecule has 12 atom stereocenters. The van der Waals surface area contributed by atoms with Gasteiger partial charge in [-0.1, -0.05) is 30.3 Å². The van der Waals surface area contributed by atoms with Gasteiger partial charge in [0.2, 0.25) is 24.1 Å². The highest BCUT2D eigenvalue weighted by molar-refractivity contribution is 6.18. The number of carbonyl (C=O) groups excluding carboxylic acids is 2. The minimum absolute atomic E-state index is 0.0646. The summed E-state index contributed by atoms with van der Waals surface area (Å²) in [5.41, 5.74) is -1.30. The second kappa shape index (κ2) is 16.0. The van der Waals surface area contributed by atoms with Gasteiger partial charge in [0, 0.05) is 11.8 Å². The monoisotopic (exact) mass is 848 g/mol. The van der Waals surface area contributed by atoms with Crippen molar-refractivity contribution in [3.8, 4) is 23.0 Å². The summed E-state index contributed by atoms with van der Waals surface area (Å²) >= 11 is 0. The minimum Gasteiger partial charge on any atom is -0.507 e. The van der Waals surface area contributed by atoms with E-state index in [1.807, 2.05) is 0 Å². The summed E-state index contributed by atoms with van der Waals surface area (Å²) in [7, 11) is 0. The molecule has 0 amide bonds. The maximum Gasteiger partial charge on any atom is 0.335 e. The number of hydrogen-bond acceptors (Lipinski definition) is 18. The van der Waals surface area contributed by atoms with Gasteiger partial charge in [-0.3, -0.25) is 9.59 Å². The summed E-state index contributed by atoms with van der Waals surface area (Å²) in [5, 5.41) is 126. The van der Waals surface area contributed by atoms with Crippen LogP contribution in [-0.2, 0) is 16.1 Å². The zero-order valence-corrected chi connectivity index (χ0v) is 31.5. The van der Waals surface area contributed by atoms with Crippen molar-refractivity contribution in [1.82, 2.24) is 0 Å². The smallest absolute Gasteiger partial charge is 0.335 e. The number of ether oxygens (including phenoxy) is 4. The maximum atomic E-state index is 14.7. The molecular weight excluding hydrogens is 808 g/mol. The third-order valence-electron chi connectivity index (χ3n) is 11.7. The maximum absolute atomic E-state index is 14.7. The van der Waals surface area contributed by atoms with Crippen LogP contribution in [0.1, 0.15) is 81.9 Å². The number of aromatic hydroxyl groups is 2. The van der Waals surface area contributed by atoms with E-state index in [0.29, 0.717) is 0 Å². The van der Waals surface area contributed by atoms with Crippen LogP contribution in [0.15, 0.2) is 60.7 Å². The molecule has 0 bridgehead atoms. The Morgan fingerprint density at radius 3 is 1.43 bits per heavy atom. The molecule has 12 N–H and O–H groups in total. The minimum atomic E-state index is -1.91. The molecule has 4 aromatic carbocycles. The van der Waals surface area contributed by atoms with E-state index in [9.17, 15) is 75.7 Å². The van der Waals surface area contributed by atoms with Crippen LogP contribution in [0.4, 0.5) is 0 Å². The SMILES string of the molecule is O=C(O)c1cc(O)c2c(c1)[C@H]([C@@H]1c3cc(CO)cc(O)c3C(=O)c3c(O[C@@H]4O[C@H](CO)[C@H](O)[C@H](O)[C@@H]4O)cccc31)c1cccc(O[C@@H]3O[C@H](CO)[C@H](O)[C@H](O)[C@@H]3O)c1C2=O. The zero-order chi connectivity index (χ0) is 43.8. The summed E-state index contributed by atoms with van der Waals surface area (Å²) in [6.07, 6.45) is -17.4. The summed E-state index contributed by atoms with van der Waals surface area (Å²) in [6.45, 7) is -2.21. The van der Waals surface area contributed by atoms with E-state index < -0.39 is 133 Å². The lowest BCUT2D eigenvalue weighted by Crippen LogP contribution is -2.60. The van der Waals surface area contributed by atoms with Crippen LogP contribution in [0.25, 0.3) is 0 Å². The predicted octanol–water partition coefficient (Wildman–Crippen LogP) is -1.30. The average molecular weight is 849 g/mol. The number of aliphatic hydroxyl groups excluding tert-OH is 9. The van der Waals surface area contributed by atoms with Gasteiger partial charge >= 0.3 is 5.97 Å². The second-order valence-electron chi connectivity index (χ2n) is 15.2. The van der Waals surface area contributed by atoms with Crippen molar-refractivity contribution in [2.75, 3.05) is 13.2 Å². The van der Waals surface area contributed by atoms with E-state index in [1.54, 1.807) is 0 Å². The molecule has 0 saturated carbocycles. The van der Waals surface area contributed by atoms with Crippen LogP contribution in [0.5, 0.6) is 23.0 Å². The molecule has 61 heavy (non-hydrogen) atoms. The number of carboxylic acid groups (broad SMARTS) is 1. The number of phenolic OH excluding ortho intramolecular Hbond substituents is 2. The predicted molar refractivity (Wildman–Crippen MR) is 201 cm³/mol. The molecule has 4 aliphatic rings. The number of benzene rings is 4. The van der Waals surface area contributed by atoms with Gasteiger partial charge in [-0.25, -0.2) is 4.79 Å². The lowest BCUT2D eigenvalue weighted by Gasteiger charge is -2.41. The van der Waals surface area contributed by atoms with E-state index in [2.05, 4.69) is 0 Å². The molecule has 2 heterocycles. The first-order chi connectivity index (χ1) is 29.1. The normalized spacial score (nSPS) is 30.4. The molecule has 4 aromatic rings. The van der Waals surface area contributed by atoms with Crippen LogP contribution in [-0.4, -0.2) is 153 Å². The molecule has 19 heteroatoms. The quantitative estimate of drug-likeness (QED) is 0.0931. The molecule has 322 valence electrons. The molecular formula is C42H40O19. The molecule has 0 aromatic heterocycles. The molecule has 2 aliphatic carbocycles. The second-order valence-corrected chi connectivity index (χ2v) is 15.2. The zero-order valence-electron chi connectivity index (χ0n) is 31.5. The van der Waals surface area contributed by atoms with Gasteiger partial charge < -0.3 is 80.2 Å². The van der Waals surface area contributed by atoms with Crippen molar-refractivity contribution in [3.63, 3.8) is 0 Å². The Kier molecular flexibility index (Phi) is 11.1. The summed E-state index contributed by atoms with van der Waals surface area (Å²) < 4.78 is 23.1. The fraction of sp³-hybridized carbons (Fsp3) is 0.357. The first-order valence-electron chi connectivity index (χ1n) is 19.0. The number of phenols is 2. The Morgan fingerprint density at radius 1 is 0.557 bits per heavy atom. The molecule has 8 rings (SSSR count). The van der Waals surface area contributed by atoms with Crippen molar-refractivity contribution in [2.45, 2.75) is 79.9 Å². The summed E-state index contributed by atoms with van der Waals surface area (Å²) in [6, 6.07) is 13.1. The Balaban J connectivity index is 1.37. The Morgan fingerprint density at radius 2 is 1.00 bits per heavy atom. The van der Waals surface area contributed by atoms with Crippen LogP contribution in [0, 0.1) is 0 Å². The van der Waals surface area contributed by atoms with Crippen LogP contribution in [0.2, 0.25) is 0 Å². The first-order valence-corrected chi connectivity index (χ1v) is 19.0. The number of aliphatic hydroxyl groups is 9. The first kappa shape index (κ1) is 42.2. The van der Waals surface area contributed by atoms with E-state index in [0.717, 1.165) is 18.2 Å². The average Bonchev–Trinajstić information content (AvgIpc) is 3.24. The highest BCUT2D eigenvalue weighted by Gasteiger charge is 2.50. The van der Waals surface area contributed by atoms with E-state index in [-0.39, 0.29) is 56.0 Å². The van der Waals surface area contributed by atoms with Crippen molar-refractivity contribution < 1.29 is 94.6 Å². The molecule has 0 unspecified atom stereocenters. The molecule has 2 saturated heterocycles. The van der Waals surface area contributed by atoms with Gasteiger partial charge in [-0.05, 0) is 58.1 Å². The Labute approximate surface area is 344 Å². The van der Waals surface area contributed by atoms with Crippen LogP contribution >= 0.6 is 0 Å². The number of hydrogen-bond donors (Lipinski definition) is 12. The van der Waals surface area contributed by atoms with E-state index in [1.165, 1.54) is 42.5 Å². The van der Waals surface area contributed by atoms with Crippen molar-refractivity contribution in [2.24, 2.45) is 0 Å². The standard InChI is InChI=1S/C42H40O19/c43-11-14-7-18-26(16-3-1-5-22(30(16)34(50)28(18)20(46)8-14)58-41-38(54)36(52)32(48)24(12-44)60-41)27-17-4-2-6-23(59-42-39(55)37(53)33(49)25(13-45)61-42)31(17)35(51)29-19(27)9-15(40(56)57)10-21(29)47/h1-10,24-27,32-33,36-39,41-49,52-55H,11-13H2,(H,56,57)/t24-,25-,26+,27-,32+,33+,36+,37+,38+,39+,41-,42-/m1/s1. The van der Waals surface area contributed by atoms with Crippen molar-refractivity contribution in [1.29, 1.82) is 0 Å². The number of fused-ring (bicyclic) bond motifs is 4. The largest absolute Gasteiger partial charge is 0.507 e. The number of ketones is 2. The topological polar surface area (TPSA) is 331 Å². The van der Waals surface area contributed by atoms with Gasteiger partial charge in [-0.15, -0.1) is 0 Å². The molecule has 0 radical (unpaired) electrons. The Bertz CT molecular complexity index is 2410. The third-order valence-corrected chi connectivity index (χ3v) is 11.7. The summed E-state index contributed by atoms with van der Waals surface area (Å²) in [4.78, 5) is 41.8. The van der Waals surface area contributed by atoms with Gasteiger partial charge in [0.05, 0.1) is 47.6 Å². The van der Waals surface area contributed by atoms with Gasteiger partial charge in [-0.2, -0.15) is 0 Å². The summed E-state index contributed by atoms with van der Waals surface area (Å²) in [5.74, 6) is -7.67. The number of carboxylic acids is 1. The molecule has 2 fully saturated rings. The fourth-order valence-corrected chi connectivity index (χ4v) is 8.74. The van der Waals surface area contributed by atoms with Gasteiger partial charge in [0.15, 0.2) is 0 Å². The van der Waals surface area contributed by atoms with Crippen molar-refractivity contribution >= 4 is 17.5 Å². The third kappa shape index (κ3) is 6.80. The highest BCUT2D eigenvalue weighted by Crippen LogP contribution is 2.56. The van der Waals surface area contributed by atoms with E-state index in [4.69, 9.17) is 18.9 Å². The Hall–Kier alpha value is -5.55. The van der Waals surface area contributed by atoms with Crippen molar-refractivity contribution in [3.05, 3.63) is 116 Å². The number of rotatable bonds is 9. The molecule has 0 spiro atoms. The number of aromatic carboxylic acids is 1. The number of carbonyl (C=O) groups is 3. The highest BCUT2D eigenvalue weighted by atomic mass is 16.7. The van der Waals surface area contributed by atoms with Gasteiger partial charge in [0.25, 0.3) is 0 Å². The van der Waals surface area contributed by atoms with E-state index >= 15 is 0 Å². The lowest BCUT2D eigenvalue weighted by molar-refractivity contribution is -0.277. The van der Waals surface area contributed by atoms with Gasteiger partial charge in [0.1, 0.15) is 71.8 Å². The fourth-order valence-electron chi connectivity index (χ4n) is 8.74. The molecule has 2 aliphatic heterocycles. The molecule has 19 nitrogen and oxygen atoms in total. The van der Waals surface area contributed by atoms with Crippen LogP contribution < -0.4 is 9.47 Å². The lowest BCUT2D eigenvalue weighted by atomic mass is 9.63.